The van der Waals surface area contributed by atoms with Crippen LogP contribution in [-0.2, 0) is 18.8 Å². The van der Waals surface area contributed by atoms with Crippen molar-refractivity contribution in [2.24, 2.45) is 0 Å². The lowest BCUT2D eigenvalue weighted by molar-refractivity contribution is -0.143. The second kappa shape index (κ2) is 15.1. The molecular formula is C36H35Cl3F6N4O2. The van der Waals surface area contributed by atoms with Gasteiger partial charge in [-0.15, -0.1) is 0 Å². The summed E-state index contributed by atoms with van der Waals surface area (Å²) in [4.78, 5) is 34.9. The Hall–Kier alpha value is -3.03. The van der Waals surface area contributed by atoms with Crippen molar-refractivity contribution < 1.29 is 35.9 Å². The van der Waals surface area contributed by atoms with Gasteiger partial charge in [-0.1, -0.05) is 53.0 Å². The van der Waals surface area contributed by atoms with Crippen molar-refractivity contribution in [3.63, 3.8) is 0 Å². The Balaban J connectivity index is 1.15. The Kier molecular flexibility index (Phi) is 11.2. The summed E-state index contributed by atoms with van der Waals surface area (Å²) in [6.07, 6.45) is -8.08. The Morgan fingerprint density at radius 3 is 1.88 bits per heavy atom. The van der Waals surface area contributed by atoms with E-state index < -0.39 is 41.0 Å². The van der Waals surface area contributed by atoms with E-state index in [1.807, 2.05) is 4.90 Å². The minimum Gasteiger partial charge on any atom is -0.337 e. The van der Waals surface area contributed by atoms with Crippen LogP contribution in [0.2, 0.25) is 15.1 Å². The van der Waals surface area contributed by atoms with Crippen molar-refractivity contribution in [2.45, 2.75) is 56.2 Å². The zero-order valence-corrected chi connectivity index (χ0v) is 29.6. The molecule has 15 heteroatoms. The van der Waals surface area contributed by atoms with E-state index in [4.69, 9.17) is 34.8 Å². The van der Waals surface area contributed by atoms with Gasteiger partial charge >= 0.3 is 12.4 Å². The van der Waals surface area contributed by atoms with Crippen LogP contribution >= 0.6 is 34.8 Å². The van der Waals surface area contributed by atoms with E-state index in [9.17, 15) is 35.9 Å². The lowest BCUT2D eigenvalue weighted by Gasteiger charge is -2.47. The third-order valence-electron chi connectivity index (χ3n) is 10.2. The third kappa shape index (κ3) is 8.62. The second-order valence-electron chi connectivity index (χ2n) is 13.3. The molecule has 274 valence electrons. The highest BCUT2D eigenvalue weighted by Crippen LogP contribution is 2.38. The molecule has 0 N–H and O–H groups in total. The molecule has 3 saturated heterocycles. The molecule has 3 atom stereocenters. The zero-order valence-electron chi connectivity index (χ0n) is 27.3. The van der Waals surface area contributed by atoms with Crippen LogP contribution in [0.25, 0.3) is 0 Å². The van der Waals surface area contributed by atoms with Crippen molar-refractivity contribution in [2.75, 3.05) is 45.8 Å². The van der Waals surface area contributed by atoms with Crippen LogP contribution < -0.4 is 0 Å². The summed E-state index contributed by atoms with van der Waals surface area (Å²) in [7, 11) is 0. The average molecular weight is 776 g/mol. The molecular weight excluding hydrogens is 741 g/mol. The molecule has 0 saturated carbocycles. The Morgan fingerprint density at radius 1 is 0.667 bits per heavy atom. The fourth-order valence-corrected chi connectivity index (χ4v) is 8.04. The van der Waals surface area contributed by atoms with Crippen LogP contribution in [0.4, 0.5) is 26.3 Å². The molecule has 0 radical (unpaired) electrons. The number of hydrogen-bond acceptors (Lipinski definition) is 4. The van der Waals surface area contributed by atoms with Gasteiger partial charge in [0.15, 0.2) is 0 Å². The van der Waals surface area contributed by atoms with Crippen LogP contribution in [0.5, 0.6) is 0 Å². The van der Waals surface area contributed by atoms with Gasteiger partial charge in [0.05, 0.1) is 31.8 Å². The van der Waals surface area contributed by atoms with Crippen LogP contribution in [0, 0.1) is 0 Å². The van der Waals surface area contributed by atoms with Crippen LogP contribution in [0.3, 0.4) is 0 Å². The standard InChI is InChI=1S/C36H35Cl3F6N4O2/c37-30-4-2-1-3-29(30)34(51)48-9-7-27(21-48)47-13-11-46(12-14-47)26-8-10-49(28(20-26)15-22-5-6-31(38)32(39)16-22)33(50)23-17-24(35(40,41)42)19-25(18-23)36(43,44)45/h1-6,16-19,26-28H,7-15,20-21H2/t26-,27?,28+/m0/s1. The average Bonchev–Trinajstić information content (AvgIpc) is 3.59. The minimum absolute atomic E-state index is 0.0235. The summed E-state index contributed by atoms with van der Waals surface area (Å²) >= 11 is 18.6. The van der Waals surface area contributed by atoms with Crippen LogP contribution in [0.1, 0.15) is 56.7 Å². The first-order valence-corrected chi connectivity index (χ1v) is 17.8. The normalized spacial score (nSPS) is 22.4. The molecule has 3 aromatic carbocycles. The van der Waals surface area contributed by atoms with E-state index in [0.717, 1.165) is 38.2 Å². The Morgan fingerprint density at radius 2 is 1.27 bits per heavy atom. The minimum atomic E-state index is -5.08. The Labute approximate surface area is 306 Å². The summed E-state index contributed by atoms with van der Waals surface area (Å²) in [6, 6.07) is 12.7. The van der Waals surface area contributed by atoms with E-state index in [0.29, 0.717) is 58.7 Å². The van der Waals surface area contributed by atoms with Crippen molar-refractivity contribution in [3.05, 3.63) is 104 Å². The number of carbonyl (C=O) groups excluding carboxylic acids is 2. The number of piperidine rings is 1. The molecule has 6 nitrogen and oxygen atoms in total. The molecule has 2 amide bonds. The number of nitrogens with zero attached hydrogens (tertiary/aromatic N) is 4. The Bertz CT molecular complexity index is 1730. The molecule has 0 aromatic heterocycles. The molecule has 3 fully saturated rings. The molecule has 3 aliphatic heterocycles. The lowest BCUT2D eigenvalue weighted by Crippen LogP contribution is -2.58. The van der Waals surface area contributed by atoms with E-state index in [1.54, 1.807) is 42.5 Å². The molecule has 0 aliphatic carbocycles. The van der Waals surface area contributed by atoms with Crippen LogP contribution in [0.15, 0.2) is 60.7 Å². The second-order valence-corrected chi connectivity index (χ2v) is 14.5. The molecule has 3 aliphatic rings. The molecule has 0 bridgehead atoms. The first-order chi connectivity index (χ1) is 24.1. The van der Waals surface area contributed by atoms with Crippen molar-refractivity contribution in [3.8, 4) is 0 Å². The van der Waals surface area contributed by atoms with E-state index >= 15 is 0 Å². The number of amides is 2. The van der Waals surface area contributed by atoms with Crippen molar-refractivity contribution in [1.29, 1.82) is 0 Å². The highest BCUT2D eigenvalue weighted by atomic mass is 35.5. The monoisotopic (exact) mass is 774 g/mol. The van der Waals surface area contributed by atoms with Gasteiger partial charge in [0.2, 0.25) is 0 Å². The number of piperazine rings is 1. The number of likely N-dealkylation sites (tertiary alicyclic amines) is 2. The van der Waals surface area contributed by atoms with Gasteiger partial charge < -0.3 is 9.80 Å². The van der Waals surface area contributed by atoms with Gasteiger partial charge in [-0.3, -0.25) is 19.4 Å². The summed E-state index contributed by atoms with van der Waals surface area (Å²) < 4.78 is 81.9. The number of carbonyl (C=O) groups is 2. The largest absolute Gasteiger partial charge is 0.416 e. The topological polar surface area (TPSA) is 47.1 Å². The predicted octanol–water partition coefficient (Wildman–Crippen LogP) is 8.43. The van der Waals surface area contributed by atoms with E-state index in [1.165, 1.54) is 4.90 Å². The number of hydrogen-bond donors (Lipinski definition) is 0. The number of alkyl halides is 6. The van der Waals surface area contributed by atoms with E-state index in [2.05, 4.69) is 9.80 Å². The maximum atomic E-state index is 13.8. The third-order valence-corrected chi connectivity index (χ3v) is 11.2. The molecule has 3 aromatic rings. The summed E-state index contributed by atoms with van der Waals surface area (Å²) in [5, 5.41) is 1.04. The van der Waals surface area contributed by atoms with Gasteiger partial charge in [0, 0.05) is 69.5 Å². The van der Waals surface area contributed by atoms with Gasteiger partial charge in [-0.2, -0.15) is 26.3 Å². The zero-order chi connectivity index (χ0) is 36.7. The predicted molar refractivity (Wildman–Crippen MR) is 183 cm³/mol. The molecule has 1 unspecified atom stereocenters. The fourth-order valence-electron chi connectivity index (χ4n) is 7.50. The highest BCUT2D eigenvalue weighted by molar-refractivity contribution is 6.42. The van der Waals surface area contributed by atoms with Gasteiger partial charge in [0.1, 0.15) is 0 Å². The molecule has 6 rings (SSSR count). The summed E-state index contributed by atoms with van der Waals surface area (Å²) in [6.45, 7) is 4.37. The number of benzene rings is 3. The quantitative estimate of drug-likeness (QED) is 0.236. The van der Waals surface area contributed by atoms with Gasteiger partial charge in [-0.25, -0.2) is 0 Å². The first-order valence-electron chi connectivity index (χ1n) is 16.6. The van der Waals surface area contributed by atoms with Crippen molar-refractivity contribution in [1.82, 2.24) is 19.6 Å². The van der Waals surface area contributed by atoms with Gasteiger partial charge in [-0.05, 0) is 73.7 Å². The number of halogens is 9. The lowest BCUT2D eigenvalue weighted by atomic mass is 9.90. The SMILES string of the molecule is O=C(c1ccccc1Cl)N1CCC(N2CCN([C@H]3CCN(C(=O)c4cc(C(F)(F)F)cc(C(F)(F)F)c4)[C@H](Cc4ccc(Cl)c(Cl)c4)C3)CC2)C1. The molecule has 51 heavy (non-hydrogen) atoms. The fraction of sp³-hybridized carbons (Fsp3) is 0.444. The molecule has 3 heterocycles. The molecule has 0 spiro atoms. The summed E-state index contributed by atoms with van der Waals surface area (Å²) in [5.74, 6) is -0.979. The van der Waals surface area contributed by atoms with Gasteiger partial charge in [0.25, 0.3) is 11.8 Å². The maximum Gasteiger partial charge on any atom is 0.416 e. The first kappa shape index (κ1) is 37.7. The van der Waals surface area contributed by atoms with E-state index in [-0.39, 0.29) is 37.0 Å². The maximum absolute atomic E-state index is 13.8. The smallest absolute Gasteiger partial charge is 0.337 e. The van der Waals surface area contributed by atoms with Crippen molar-refractivity contribution >= 4 is 46.6 Å². The summed E-state index contributed by atoms with van der Waals surface area (Å²) in [5.41, 5.74) is -2.52. The highest BCUT2D eigenvalue weighted by Gasteiger charge is 2.41. The van der Waals surface area contributed by atoms with Crippen LogP contribution in [-0.4, -0.2) is 95.4 Å². The number of rotatable bonds is 6.